The number of aliphatic carboxylic acids is 1. The number of carbonyl (C=O) groups excluding carboxylic acids is 1. The van der Waals surface area contributed by atoms with Gasteiger partial charge in [-0.25, -0.2) is 9.59 Å². The van der Waals surface area contributed by atoms with Crippen LogP contribution in [0.1, 0.15) is 79.1 Å². The fourth-order valence-electron chi connectivity index (χ4n) is 2.39. The quantitative estimate of drug-likeness (QED) is 0.255. The van der Waals surface area contributed by atoms with E-state index < -0.39 is 17.2 Å². The van der Waals surface area contributed by atoms with Crippen molar-refractivity contribution in [2.45, 2.75) is 84.3 Å². The normalized spacial score (nSPS) is 14.8. The topological polar surface area (TPSA) is 63.6 Å². The zero-order valence-corrected chi connectivity index (χ0v) is 17.5. The molecule has 134 valence electrons. The number of esters is 1. The molecular formula is C18H34O4Si. The van der Waals surface area contributed by atoms with Gasteiger partial charge in [0.15, 0.2) is 0 Å². The lowest BCUT2D eigenvalue weighted by Crippen LogP contribution is -2.46. The number of unbranched alkanes of at least 4 members (excludes halogenated alkanes) is 6. The third-order valence-corrected chi connectivity index (χ3v) is 6.31. The van der Waals surface area contributed by atoms with E-state index in [0.717, 1.165) is 25.0 Å². The van der Waals surface area contributed by atoms with Crippen LogP contribution in [-0.4, -0.2) is 32.5 Å². The predicted octanol–water partition coefficient (Wildman–Crippen LogP) is 3.42. The number of ether oxygens (including phenoxy) is 1. The fraction of sp³-hybridized carbons (Fsp3) is 0.778. The van der Waals surface area contributed by atoms with Crippen molar-refractivity contribution in [3.8, 4) is 0 Å². The van der Waals surface area contributed by atoms with Gasteiger partial charge in [-0.1, -0.05) is 65.7 Å². The summed E-state index contributed by atoms with van der Waals surface area (Å²) in [4.78, 5) is 22.2. The SMILES string of the molecule is CCCCCCCCCC(C)(C)C(C)([SiH3])OC(=O)/C=C/C(=O)O. The van der Waals surface area contributed by atoms with Crippen molar-refractivity contribution >= 4 is 22.2 Å². The second kappa shape index (κ2) is 10.6. The van der Waals surface area contributed by atoms with Crippen LogP contribution < -0.4 is 0 Å². The zero-order valence-electron chi connectivity index (χ0n) is 15.5. The van der Waals surface area contributed by atoms with Crippen molar-refractivity contribution in [1.82, 2.24) is 0 Å². The molecule has 0 fully saturated rings. The Morgan fingerprint density at radius 3 is 2.04 bits per heavy atom. The predicted molar refractivity (Wildman–Crippen MR) is 97.6 cm³/mol. The van der Waals surface area contributed by atoms with E-state index in [4.69, 9.17) is 9.84 Å². The number of hydrogen-bond acceptors (Lipinski definition) is 3. The summed E-state index contributed by atoms with van der Waals surface area (Å²) >= 11 is 0. The first-order chi connectivity index (χ1) is 10.6. The second-order valence-electron chi connectivity index (χ2n) is 7.36. The molecule has 1 atom stereocenters. The Hall–Kier alpha value is -1.10. The van der Waals surface area contributed by atoms with E-state index in [9.17, 15) is 9.59 Å². The summed E-state index contributed by atoms with van der Waals surface area (Å²) in [6, 6.07) is 0. The molecule has 0 radical (unpaired) electrons. The average molecular weight is 343 g/mol. The van der Waals surface area contributed by atoms with Crippen molar-refractivity contribution in [2.24, 2.45) is 5.41 Å². The summed E-state index contributed by atoms with van der Waals surface area (Å²) in [6.45, 7) is 8.44. The van der Waals surface area contributed by atoms with Crippen LogP contribution in [0.3, 0.4) is 0 Å². The molecule has 0 bridgehead atoms. The van der Waals surface area contributed by atoms with Crippen LogP contribution in [0.2, 0.25) is 0 Å². The molecule has 0 spiro atoms. The van der Waals surface area contributed by atoms with E-state index in [0.29, 0.717) is 10.2 Å². The van der Waals surface area contributed by atoms with Crippen molar-refractivity contribution in [3.05, 3.63) is 12.2 Å². The van der Waals surface area contributed by atoms with Gasteiger partial charge in [-0.3, -0.25) is 0 Å². The highest BCUT2D eigenvalue weighted by molar-refractivity contribution is 6.15. The van der Waals surface area contributed by atoms with Crippen LogP contribution >= 0.6 is 0 Å². The van der Waals surface area contributed by atoms with Crippen molar-refractivity contribution in [1.29, 1.82) is 0 Å². The molecule has 0 amide bonds. The molecule has 1 N–H and O–H groups in total. The van der Waals surface area contributed by atoms with Gasteiger partial charge in [0.25, 0.3) is 0 Å². The first-order valence-corrected chi connectivity index (χ1v) is 9.76. The monoisotopic (exact) mass is 342 g/mol. The van der Waals surface area contributed by atoms with Crippen molar-refractivity contribution in [3.63, 3.8) is 0 Å². The molecule has 1 unspecified atom stereocenters. The van der Waals surface area contributed by atoms with E-state index in [-0.39, 0.29) is 5.41 Å². The van der Waals surface area contributed by atoms with E-state index in [2.05, 4.69) is 20.8 Å². The van der Waals surface area contributed by atoms with Crippen LogP contribution in [0.15, 0.2) is 12.2 Å². The van der Waals surface area contributed by atoms with Crippen LogP contribution in [0.4, 0.5) is 0 Å². The largest absolute Gasteiger partial charge is 0.478 e. The highest BCUT2D eigenvalue weighted by atomic mass is 28.1. The summed E-state index contributed by atoms with van der Waals surface area (Å²) in [5, 5.41) is 8.05. The number of carboxylic acids is 1. The highest BCUT2D eigenvalue weighted by Crippen LogP contribution is 2.36. The standard InChI is InChI=1S/C18H34O4Si/c1-5-6-7-8-9-10-11-14-17(2,3)18(4,23)22-16(21)13-12-15(19)20/h12-13H,5-11,14H2,1-4,23H3,(H,19,20)/b13-12+. The third-order valence-electron chi connectivity index (χ3n) is 4.75. The molecule has 0 aliphatic rings. The lowest BCUT2D eigenvalue weighted by Gasteiger charge is -2.41. The Kier molecular flexibility index (Phi) is 10.1. The molecule has 0 heterocycles. The van der Waals surface area contributed by atoms with Gasteiger partial charge >= 0.3 is 11.9 Å². The van der Waals surface area contributed by atoms with Gasteiger partial charge in [0, 0.05) is 12.2 Å². The van der Waals surface area contributed by atoms with Gasteiger partial charge in [0.1, 0.15) is 0 Å². The van der Waals surface area contributed by atoms with Gasteiger partial charge in [0.05, 0.1) is 15.5 Å². The van der Waals surface area contributed by atoms with Crippen LogP contribution in [0.25, 0.3) is 0 Å². The summed E-state index contributed by atoms with van der Waals surface area (Å²) in [6.07, 6.45) is 11.7. The fourth-order valence-corrected chi connectivity index (χ4v) is 2.84. The lowest BCUT2D eigenvalue weighted by molar-refractivity contribution is -0.153. The van der Waals surface area contributed by atoms with E-state index in [1.807, 2.05) is 6.92 Å². The van der Waals surface area contributed by atoms with Crippen LogP contribution in [0.5, 0.6) is 0 Å². The molecule has 23 heavy (non-hydrogen) atoms. The van der Waals surface area contributed by atoms with Gasteiger partial charge in [-0.05, 0) is 18.8 Å². The number of hydrogen-bond donors (Lipinski definition) is 1. The van der Waals surface area contributed by atoms with E-state index >= 15 is 0 Å². The Morgan fingerprint density at radius 1 is 1.00 bits per heavy atom. The molecule has 0 aromatic rings. The summed E-state index contributed by atoms with van der Waals surface area (Å²) in [7, 11) is 0.704. The van der Waals surface area contributed by atoms with Crippen molar-refractivity contribution in [2.75, 3.05) is 0 Å². The highest BCUT2D eigenvalue weighted by Gasteiger charge is 2.39. The first kappa shape index (κ1) is 21.9. The molecule has 0 aliphatic carbocycles. The van der Waals surface area contributed by atoms with Gasteiger partial charge in [-0.2, -0.15) is 0 Å². The Bertz CT molecular complexity index is 400. The summed E-state index contributed by atoms with van der Waals surface area (Å²) < 4.78 is 5.54. The van der Waals surface area contributed by atoms with E-state index in [1.54, 1.807) is 0 Å². The third kappa shape index (κ3) is 9.59. The molecule has 0 rings (SSSR count). The average Bonchev–Trinajstić information content (AvgIpc) is 2.43. The molecule has 0 aromatic carbocycles. The molecule has 0 aliphatic heterocycles. The minimum absolute atomic E-state index is 0.102. The molecule has 0 saturated carbocycles. The smallest absolute Gasteiger partial charge is 0.331 e. The molecule has 5 heteroatoms. The maximum atomic E-state index is 11.7. The lowest BCUT2D eigenvalue weighted by atomic mass is 9.81. The number of carbonyl (C=O) groups is 2. The van der Waals surface area contributed by atoms with Crippen LogP contribution in [-0.2, 0) is 14.3 Å². The number of carboxylic acid groups (broad SMARTS) is 1. The summed E-state index contributed by atoms with van der Waals surface area (Å²) in [5.41, 5.74) is -0.102. The first-order valence-electron chi connectivity index (χ1n) is 8.76. The molecular weight excluding hydrogens is 308 g/mol. The molecule has 0 aromatic heterocycles. The minimum atomic E-state index is -1.14. The van der Waals surface area contributed by atoms with Gasteiger partial charge in [0.2, 0.25) is 0 Å². The zero-order chi connectivity index (χ0) is 17.9. The van der Waals surface area contributed by atoms with E-state index in [1.165, 1.54) is 38.5 Å². The number of rotatable bonds is 12. The maximum Gasteiger partial charge on any atom is 0.331 e. The minimum Gasteiger partial charge on any atom is -0.478 e. The Morgan fingerprint density at radius 2 is 1.52 bits per heavy atom. The second-order valence-corrected chi connectivity index (χ2v) is 9.27. The van der Waals surface area contributed by atoms with Crippen LogP contribution in [0, 0.1) is 5.41 Å². The Balaban J connectivity index is 4.26. The van der Waals surface area contributed by atoms with Gasteiger partial charge < -0.3 is 9.84 Å². The Labute approximate surface area is 144 Å². The van der Waals surface area contributed by atoms with Gasteiger partial charge in [-0.15, -0.1) is 0 Å². The summed E-state index contributed by atoms with van der Waals surface area (Å²) in [5.74, 6) is -1.71. The van der Waals surface area contributed by atoms with Crippen molar-refractivity contribution < 1.29 is 19.4 Å². The molecule has 0 saturated heterocycles. The maximum absolute atomic E-state index is 11.7. The molecule has 4 nitrogen and oxygen atoms in total.